The fourth-order valence-corrected chi connectivity index (χ4v) is 2.94. The molecule has 2 aromatic heterocycles. The van der Waals surface area contributed by atoms with Crippen LogP contribution in [0.1, 0.15) is 43.4 Å². The Bertz CT molecular complexity index is 525. The number of thiophene rings is 1. The van der Waals surface area contributed by atoms with Crippen molar-refractivity contribution < 1.29 is 0 Å². The molecule has 0 aliphatic heterocycles. The molecule has 0 fully saturated rings. The monoisotopic (exact) mass is 290 g/mol. The van der Waals surface area contributed by atoms with Crippen molar-refractivity contribution in [2.45, 2.75) is 39.2 Å². The molecule has 0 aliphatic rings. The van der Waals surface area contributed by atoms with Gasteiger partial charge in [-0.25, -0.2) is 9.97 Å². The molecule has 1 atom stereocenters. The Labute approximate surface area is 124 Å². The molecular formula is C15H22N4S. The highest BCUT2D eigenvalue weighted by Crippen LogP contribution is 2.26. The first kappa shape index (κ1) is 14.8. The van der Waals surface area contributed by atoms with Gasteiger partial charge in [0, 0.05) is 24.4 Å². The fourth-order valence-electron chi connectivity index (χ4n) is 2.08. The Hall–Kier alpha value is -1.62. The Kier molecular flexibility index (Phi) is 5.35. The maximum absolute atomic E-state index is 4.61. The second-order valence-electron chi connectivity index (χ2n) is 4.68. The van der Waals surface area contributed by atoms with Gasteiger partial charge in [-0.3, -0.25) is 0 Å². The molecule has 0 radical (unpaired) electrons. The molecule has 108 valence electrons. The first-order chi connectivity index (χ1) is 9.76. The van der Waals surface area contributed by atoms with Crippen molar-refractivity contribution in [3.05, 3.63) is 34.3 Å². The van der Waals surface area contributed by atoms with E-state index in [1.165, 1.54) is 4.88 Å². The van der Waals surface area contributed by atoms with E-state index in [4.69, 9.17) is 0 Å². The quantitative estimate of drug-likeness (QED) is 0.806. The minimum absolute atomic E-state index is 0.309. The molecule has 20 heavy (non-hydrogen) atoms. The number of hydrogen-bond donors (Lipinski definition) is 2. The molecule has 4 nitrogen and oxygen atoms in total. The summed E-state index contributed by atoms with van der Waals surface area (Å²) in [5, 5.41) is 8.74. The summed E-state index contributed by atoms with van der Waals surface area (Å²) in [6, 6.07) is 6.53. The molecule has 0 bridgehead atoms. The van der Waals surface area contributed by atoms with Crippen molar-refractivity contribution >= 4 is 23.0 Å². The first-order valence-corrected chi connectivity index (χ1v) is 8.00. The Morgan fingerprint density at radius 3 is 2.65 bits per heavy atom. The van der Waals surface area contributed by atoms with Gasteiger partial charge in [0.1, 0.15) is 17.5 Å². The van der Waals surface area contributed by atoms with Crippen LogP contribution in [0.5, 0.6) is 0 Å². The van der Waals surface area contributed by atoms with Crippen LogP contribution in [0.15, 0.2) is 23.6 Å². The second kappa shape index (κ2) is 7.24. The topological polar surface area (TPSA) is 49.8 Å². The van der Waals surface area contributed by atoms with Crippen LogP contribution >= 0.6 is 11.3 Å². The number of nitrogens with one attached hydrogen (secondary N) is 2. The van der Waals surface area contributed by atoms with Crippen LogP contribution < -0.4 is 10.6 Å². The van der Waals surface area contributed by atoms with E-state index in [2.05, 4.69) is 52.0 Å². The predicted molar refractivity (Wildman–Crippen MR) is 86.5 cm³/mol. The number of aromatic nitrogens is 2. The van der Waals surface area contributed by atoms with Gasteiger partial charge < -0.3 is 10.6 Å². The molecule has 0 aromatic carbocycles. The third-order valence-electron chi connectivity index (χ3n) is 3.12. The SMILES string of the molecule is CCCc1nc(NC)cc(NC(CC)c2cccs2)n1. The van der Waals surface area contributed by atoms with Crippen LogP contribution in [0.4, 0.5) is 11.6 Å². The molecular weight excluding hydrogens is 268 g/mol. The number of anilines is 2. The lowest BCUT2D eigenvalue weighted by Gasteiger charge is -2.17. The molecule has 0 saturated carbocycles. The van der Waals surface area contributed by atoms with Crippen molar-refractivity contribution in [1.29, 1.82) is 0 Å². The van der Waals surface area contributed by atoms with E-state index in [0.29, 0.717) is 6.04 Å². The van der Waals surface area contributed by atoms with Gasteiger partial charge in [-0.2, -0.15) is 0 Å². The average molecular weight is 290 g/mol. The second-order valence-corrected chi connectivity index (χ2v) is 5.65. The summed E-state index contributed by atoms with van der Waals surface area (Å²) >= 11 is 1.78. The van der Waals surface area contributed by atoms with Crippen molar-refractivity contribution in [2.75, 3.05) is 17.7 Å². The molecule has 5 heteroatoms. The van der Waals surface area contributed by atoms with Gasteiger partial charge in [0.2, 0.25) is 0 Å². The maximum atomic E-state index is 4.61. The largest absolute Gasteiger partial charge is 0.373 e. The summed E-state index contributed by atoms with van der Waals surface area (Å²) in [5.74, 6) is 2.66. The zero-order chi connectivity index (χ0) is 14.4. The van der Waals surface area contributed by atoms with Crippen LogP contribution in [0, 0.1) is 0 Å². The highest BCUT2D eigenvalue weighted by molar-refractivity contribution is 7.10. The smallest absolute Gasteiger partial charge is 0.133 e. The van der Waals surface area contributed by atoms with Gasteiger partial charge >= 0.3 is 0 Å². The minimum Gasteiger partial charge on any atom is -0.373 e. The zero-order valence-electron chi connectivity index (χ0n) is 12.3. The summed E-state index contributed by atoms with van der Waals surface area (Å²) in [4.78, 5) is 10.4. The van der Waals surface area contributed by atoms with E-state index < -0.39 is 0 Å². The molecule has 0 amide bonds. The van der Waals surface area contributed by atoms with Crippen molar-refractivity contribution in [3.8, 4) is 0 Å². The van der Waals surface area contributed by atoms with Crippen molar-refractivity contribution in [2.24, 2.45) is 0 Å². The average Bonchev–Trinajstić information content (AvgIpc) is 2.99. The third kappa shape index (κ3) is 3.70. The van der Waals surface area contributed by atoms with Crippen LogP contribution in [0.25, 0.3) is 0 Å². The molecule has 0 saturated heterocycles. The van der Waals surface area contributed by atoms with E-state index in [-0.39, 0.29) is 0 Å². The lowest BCUT2D eigenvalue weighted by atomic mass is 10.2. The Morgan fingerprint density at radius 1 is 1.25 bits per heavy atom. The molecule has 2 rings (SSSR count). The van der Waals surface area contributed by atoms with Crippen LogP contribution in [0.3, 0.4) is 0 Å². The van der Waals surface area contributed by atoms with E-state index in [0.717, 1.165) is 36.7 Å². The molecule has 1 unspecified atom stereocenters. The molecule has 2 heterocycles. The number of aryl methyl sites for hydroxylation is 1. The molecule has 0 spiro atoms. The number of nitrogens with zero attached hydrogens (tertiary/aromatic N) is 2. The van der Waals surface area contributed by atoms with Gasteiger partial charge in [-0.15, -0.1) is 11.3 Å². The van der Waals surface area contributed by atoms with E-state index >= 15 is 0 Å². The van der Waals surface area contributed by atoms with Gasteiger partial charge in [0.15, 0.2) is 0 Å². The Morgan fingerprint density at radius 2 is 2.05 bits per heavy atom. The lowest BCUT2D eigenvalue weighted by Crippen LogP contribution is -2.11. The molecule has 2 aromatic rings. The van der Waals surface area contributed by atoms with Gasteiger partial charge in [0.25, 0.3) is 0 Å². The Balaban J connectivity index is 2.20. The summed E-state index contributed by atoms with van der Waals surface area (Å²) < 4.78 is 0. The third-order valence-corrected chi connectivity index (χ3v) is 4.11. The summed E-state index contributed by atoms with van der Waals surface area (Å²) in [7, 11) is 1.89. The maximum Gasteiger partial charge on any atom is 0.133 e. The van der Waals surface area contributed by atoms with E-state index in [1.807, 2.05) is 13.1 Å². The minimum atomic E-state index is 0.309. The predicted octanol–water partition coefficient (Wildman–Crippen LogP) is 4.10. The van der Waals surface area contributed by atoms with E-state index in [1.54, 1.807) is 11.3 Å². The van der Waals surface area contributed by atoms with E-state index in [9.17, 15) is 0 Å². The zero-order valence-corrected chi connectivity index (χ0v) is 13.1. The van der Waals surface area contributed by atoms with Crippen molar-refractivity contribution in [1.82, 2.24) is 9.97 Å². The number of rotatable bonds is 7. The molecule has 0 aliphatic carbocycles. The van der Waals surface area contributed by atoms with Crippen LogP contribution in [0.2, 0.25) is 0 Å². The summed E-state index contributed by atoms with van der Waals surface area (Å²) in [6.07, 6.45) is 2.98. The van der Waals surface area contributed by atoms with Gasteiger partial charge in [0.05, 0.1) is 6.04 Å². The molecule has 2 N–H and O–H groups in total. The fraction of sp³-hybridized carbons (Fsp3) is 0.467. The normalized spacial score (nSPS) is 12.2. The number of hydrogen-bond acceptors (Lipinski definition) is 5. The first-order valence-electron chi connectivity index (χ1n) is 7.12. The van der Waals surface area contributed by atoms with Gasteiger partial charge in [-0.1, -0.05) is 19.9 Å². The standard InChI is InChI=1S/C15H22N4S/c1-4-7-13-18-14(16-3)10-15(19-13)17-11(5-2)12-8-6-9-20-12/h6,8-11H,4-5,7H2,1-3H3,(H2,16,17,18,19). The highest BCUT2D eigenvalue weighted by atomic mass is 32.1. The van der Waals surface area contributed by atoms with Gasteiger partial charge in [-0.05, 0) is 24.3 Å². The van der Waals surface area contributed by atoms with Crippen molar-refractivity contribution in [3.63, 3.8) is 0 Å². The lowest BCUT2D eigenvalue weighted by molar-refractivity contribution is 0.752. The van der Waals surface area contributed by atoms with Crippen LogP contribution in [-0.4, -0.2) is 17.0 Å². The summed E-state index contributed by atoms with van der Waals surface area (Å²) in [5.41, 5.74) is 0. The van der Waals surface area contributed by atoms with Crippen LogP contribution in [-0.2, 0) is 6.42 Å². The highest BCUT2D eigenvalue weighted by Gasteiger charge is 2.12. The summed E-state index contributed by atoms with van der Waals surface area (Å²) in [6.45, 7) is 4.33.